The van der Waals surface area contributed by atoms with Gasteiger partial charge < -0.3 is 10.2 Å². The second kappa shape index (κ2) is 6.28. The highest BCUT2D eigenvalue weighted by Crippen LogP contribution is 2.43. The normalized spacial score (nSPS) is 17.1. The molecule has 0 radical (unpaired) electrons. The summed E-state index contributed by atoms with van der Waals surface area (Å²) in [6, 6.07) is 11.2. The molecule has 0 bridgehead atoms. The maximum atomic E-state index is 13.7. The van der Waals surface area contributed by atoms with E-state index < -0.39 is 0 Å². The SMILES string of the molecule is CNCC[C@H](c1cccc(F)c1)N1CC(C)(C)c2ncccc21. The van der Waals surface area contributed by atoms with E-state index in [0.29, 0.717) is 0 Å². The number of aromatic nitrogens is 1. The van der Waals surface area contributed by atoms with Crippen LogP contribution in [0.4, 0.5) is 10.1 Å². The Morgan fingerprint density at radius 3 is 2.87 bits per heavy atom. The minimum Gasteiger partial charge on any atom is -0.362 e. The molecule has 0 spiro atoms. The first-order valence-corrected chi connectivity index (χ1v) is 8.15. The lowest BCUT2D eigenvalue weighted by molar-refractivity contribution is 0.489. The van der Waals surface area contributed by atoms with E-state index in [2.05, 4.69) is 35.1 Å². The molecule has 3 nitrogen and oxygen atoms in total. The second-order valence-corrected chi connectivity index (χ2v) is 6.85. The van der Waals surface area contributed by atoms with E-state index in [9.17, 15) is 4.39 Å². The molecule has 0 saturated carbocycles. The molecule has 3 rings (SSSR count). The van der Waals surface area contributed by atoms with Crippen LogP contribution in [0.1, 0.15) is 37.6 Å². The predicted molar refractivity (Wildman–Crippen MR) is 92.3 cm³/mol. The molecular formula is C19H24FN3. The van der Waals surface area contributed by atoms with Gasteiger partial charge >= 0.3 is 0 Å². The smallest absolute Gasteiger partial charge is 0.123 e. The lowest BCUT2D eigenvalue weighted by Crippen LogP contribution is -2.33. The molecule has 1 aliphatic rings. The maximum absolute atomic E-state index is 13.7. The fourth-order valence-electron chi connectivity index (χ4n) is 3.51. The van der Waals surface area contributed by atoms with Crippen LogP contribution < -0.4 is 10.2 Å². The Morgan fingerprint density at radius 1 is 1.30 bits per heavy atom. The summed E-state index contributed by atoms with van der Waals surface area (Å²) in [6.07, 6.45) is 2.78. The van der Waals surface area contributed by atoms with Crippen LogP contribution in [0.25, 0.3) is 0 Å². The number of nitrogens with one attached hydrogen (secondary N) is 1. The van der Waals surface area contributed by atoms with Gasteiger partial charge in [-0.2, -0.15) is 0 Å². The second-order valence-electron chi connectivity index (χ2n) is 6.85. The van der Waals surface area contributed by atoms with Crippen LogP contribution in [-0.2, 0) is 5.41 Å². The lowest BCUT2D eigenvalue weighted by atomic mass is 9.91. The molecule has 0 unspecified atom stereocenters. The summed E-state index contributed by atoms with van der Waals surface area (Å²) in [5, 5.41) is 3.21. The van der Waals surface area contributed by atoms with Crippen LogP contribution in [-0.4, -0.2) is 25.1 Å². The van der Waals surface area contributed by atoms with Gasteiger partial charge in [0, 0.05) is 18.2 Å². The van der Waals surface area contributed by atoms with Crippen molar-refractivity contribution in [2.45, 2.75) is 31.7 Å². The summed E-state index contributed by atoms with van der Waals surface area (Å²) in [6.45, 7) is 6.22. The maximum Gasteiger partial charge on any atom is 0.123 e. The Bertz CT molecular complexity index is 684. The minimum absolute atomic E-state index is 0.00180. The third kappa shape index (κ3) is 3.08. The fraction of sp³-hybridized carbons (Fsp3) is 0.421. The summed E-state index contributed by atoms with van der Waals surface area (Å²) < 4.78 is 13.7. The van der Waals surface area contributed by atoms with E-state index in [1.165, 1.54) is 11.8 Å². The largest absolute Gasteiger partial charge is 0.362 e. The van der Waals surface area contributed by atoms with Gasteiger partial charge in [-0.1, -0.05) is 26.0 Å². The van der Waals surface area contributed by atoms with Gasteiger partial charge in [0.05, 0.1) is 17.4 Å². The van der Waals surface area contributed by atoms with Crippen LogP contribution in [0.5, 0.6) is 0 Å². The highest BCUT2D eigenvalue weighted by molar-refractivity contribution is 5.60. The minimum atomic E-state index is -0.179. The number of benzene rings is 1. The van der Waals surface area contributed by atoms with Crippen molar-refractivity contribution in [3.8, 4) is 0 Å². The van der Waals surface area contributed by atoms with Crippen LogP contribution in [0.3, 0.4) is 0 Å². The molecule has 2 heterocycles. The highest BCUT2D eigenvalue weighted by Gasteiger charge is 2.39. The summed E-state index contributed by atoms with van der Waals surface area (Å²) in [5.41, 5.74) is 3.32. The lowest BCUT2D eigenvalue weighted by Gasteiger charge is -2.32. The molecule has 1 atom stereocenters. The monoisotopic (exact) mass is 313 g/mol. The van der Waals surface area contributed by atoms with Gasteiger partial charge in [0.25, 0.3) is 0 Å². The predicted octanol–water partition coefficient (Wildman–Crippen LogP) is 3.67. The molecule has 0 aliphatic carbocycles. The third-order valence-corrected chi connectivity index (χ3v) is 4.58. The molecule has 0 amide bonds. The summed E-state index contributed by atoms with van der Waals surface area (Å²) in [5.74, 6) is -0.179. The Labute approximate surface area is 137 Å². The molecule has 23 heavy (non-hydrogen) atoms. The molecule has 2 aromatic rings. The van der Waals surface area contributed by atoms with E-state index in [1.54, 1.807) is 12.1 Å². The average Bonchev–Trinajstić information content (AvgIpc) is 2.80. The zero-order valence-corrected chi connectivity index (χ0v) is 14.0. The highest BCUT2D eigenvalue weighted by atomic mass is 19.1. The number of nitrogens with zero attached hydrogens (tertiary/aromatic N) is 2. The van der Waals surface area contributed by atoms with Crippen molar-refractivity contribution in [2.24, 2.45) is 0 Å². The van der Waals surface area contributed by atoms with Crippen molar-refractivity contribution in [1.82, 2.24) is 10.3 Å². The number of anilines is 1. The summed E-state index contributed by atoms with van der Waals surface area (Å²) >= 11 is 0. The standard InChI is InChI=1S/C19H24FN3/c1-19(2)13-23(17-8-5-10-22-18(17)19)16(9-11-21-3)14-6-4-7-15(20)12-14/h4-8,10,12,16,21H,9,11,13H2,1-3H3/t16-/m1/s1. The third-order valence-electron chi connectivity index (χ3n) is 4.58. The van der Waals surface area contributed by atoms with E-state index in [0.717, 1.165) is 30.8 Å². The van der Waals surface area contributed by atoms with Crippen molar-refractivity contribution >= 4 is 5.69 Å². The molecule has 122 valence electrons. The van der Waals surface area contributed by atoms with E-state index >= 15 is 0 Å². The molecule has 0 fully saturated rings. The topological polar surface area (TPSA) is 28.2 Å². The number of pyridine rings is 1. The zero-order valence-electron chi connectivity index (χ0n) is 14.0. The number of hydrogen-bond acceptors (Lipinski definition) is 3. The van der Waals surface area contributed by atoms with Gasteiger partial charge in [0.2, 0.25) is 0 Å². The molecule has 1 aromatic carbocycles. The van der Waals surface area contributed by atoms with E-state index in [4.69, 9.17) is 0 Å². The Balaban J connectivity index is 2.01. The zero-order chi connectivity index (χ0) is 16.4. The molecule has 4 heteroatoms. The molecule has 1 aliphatic heterocycles. The number of rotatable bonds is 5. The number of hydrogen-bond donors (Lipinski definition) is 1. The van der Waals surface area contributed by atoms with Gasteiger partial charge in [0.1, 0.15) is 5.82 Å². The first kappa shape index (κ1) is 15.9. The summed E-state index contributed by atoms with van der Waals surface area (Å²) in [4.78, 5) is 6.99. The van der Waals surface area contributed by atoms with Crippen molar-refractivity contribution in [3.05, 3.63) is 59.7 Å². The van der Waals surface area contributed by atoms with Gasteiger partial charge in [-0.15, -0.1) is 0 Å². The Hall–Kier alpha value is -1.94. The van der Waals surface area contributed by atoms with Gasteiger partial charge in [-0.05, 0) is 49.8 Å². The Morgan fingerprint density at radius 2 is 2.13 bits per heavy atom. The van der Waals surface area contributed by atoms with Crippen LogP contribution in [0.2, 0.25) is 0 Å². The molecule has 1 aromatic heterocycles. The van der Waals surface area contributed by atoms with Crippen molar-refractivity contribution < 1.29 is 4.39 Å². The van der Waals surface area contributed by atoms with Crippen molar-refractivity contribution in [1.29, 1.82) is 0 Å². The Kier molecular flexibility index (Phi) is 4.35. The van der Waals surface area contributed by atoms with Gasteiger partial charge in [-0.25, -0.2) is 4.39 Å². The van der Waals surface area contributed by atoms with Gasteiger partial charge in [-0.3, -0.25) is 4.98 Å². The average molecular weight is 313 g/mol. The number of halogens is 1. The van der Waals surface area contributed by atoms with Gasteiger partial charge in [0.15, 0.2) is 0 Å². The first-order chi connectivity index (χ1) is 11.0. The molecule has 0 saturated heterocycles. The van der Waals surface area contributed by atoms with Crippen molar-refractivity contribution in [3.63, 3.8) is 0 Å². The van der Waals surface area contributed by atoms with Crippen LogP contribution in [0.15, 0.2) is 42.6 Å². The van der Waals surface area contributed by atoms with E-state index in [1.807, 2.05) is 25.4 Å². The van der Waals surface area contributed by atoms with Crippen LogP contribution in [0, 0.1) is 5.82 Å². The summed E-state index contributed by atoms with van der Waals surface area (Å²) in [7, 11) is 1.95. The molecule has 1 N–H and O–H groups in total. The quantitative estimate of drug-likeness (QED) is 0.913. The first-order valence-electron chi connectivity index (χ1n) is 8.15. The fourth-order valence-corrected chi connectivity index (χ4v) is 3.51. The molecular weight excluding hydrogens is 289 g/mol. The van der Waals surface area contributed by atoms with E-state index in [-0.39, 0.29) is 17.3 Å². The number of fused-ring (bicyclic) bond motifs is 1. The van der Waals surface area contributed by atoms with Crippen LogP contribution >= 0.6 is 0 Å². The van der Waals surface area contributed by atoms with Crippen molar-refractivity contribution in [2.75, 3.05) is 25.0 Å².